The summed E-state index contributed by atoms with van der Waals surface area (Å²) in [6.45, 7) is 9.52. The molecule has 82 heavy (non-hydrogen) atoms. The Labute approximate surface area is 498 Å². The summed E-state index contributed by atoms with van der Waals surface area (Å²) in [6.07, 6.45) is 24.4. The van der Waals surface area contributed by atoms with Gasteiger partial charge in [-0.1, -0.05) is 59.6 Å². The van der Waals surface area contributed by atoms with Crippen molar-refractivity contribution in [1.29, 1.82) is 0 Å². The molecule has 2 aliphatic heterocycles. The number of hydrogen-bond donors (Lipinski definition) is 2. The first-order valence-corrected chi connectivity index (χ1v) is 36.7. The van der Waals surface area contributed by atoms with Crippen LogP contribution in [0, 0.1) is 0 Å². The van der Waals surface area contributed by atoms with Crippen LogP contribution in [-0.4, -0.2) is 165 Å². The fraction of sp³-hybridized carbons (Fsp3) is 0.333. The number of rotatable bonds is 17. The maximum atomic E-state index is 13.2. The smallest absolute Gasteiger partial charge is 0.295 e. The van der Waals surface area contributed by atoms with Gasteiger partial charge in [0.15, 0.2) is 0 Å². The largest absolute Gasteiger partial charge is 0.359 e. The molecular formula is C60H65BrCl2N12O6Sn. The fourth-order valence-corrected chi connectivity index (χ4v) is 26.4. The Bertz CT molecular complexity index is 3470. The Morgan fingerprint density at radius 2 is 0.976 bits per heavy atom. The molecule has 10 rings (SSSR count). The Hall–Kier alpha value is -6.94. The molecule has 426 valence electrons. The number of halogens is 3. The van der Waals surface area contributed by atoms with E-state index in [0.29, 0.717) is 93.1 Å². The number of Topliss-reactive ketones (excluding diaryl/α,β-unsaturated/α-hetero) is 2. The van der Waals surface area contributed by atoms with Gasteiger partial charge in [-0.2, -0.15) is 0 Å². The molecule has 0 saturated carbocycles. The van der Waals surface area contributed by atoms with Crippen LogP contribution >= 0.6 is 39.1 Å². The maximum Gasteiger partial charge on any atom is 0.295 e. The molecule has 2 saturated heterocycles. The molecule has 2 N–H and O–H groups in total. The number of ketones is 2. The minimum absolute atomic E-state index is 0.0789. The maximum absolute atomic E-state index is 13.2. The van der Waals surface area contributed by atoms with Crippen LogP contribution in [0.5, 0.6) is 0 Å². The minimum Gasteiger partial charge on any atom is -0.359 e. The molecule has 0 radical (unpaired) electrons. The molecular weight excluding hydrogens is 1250 g/mol. The number of aromatic nitrogens is 8. The topological polar surface area (TPSA) is 224 Å². The summed E-state index contributed by atoms with van der Waals surface area (Å²) < 4.78 is 6.38. The zero-order valence-electron chi connectivity index (χ0n) is 46.1. The molecule has 8 heterocycles. The van der Waals surface area contributed by atoms with Gasteiger partial charge in [0.25, 0.3) is 35.2 Å². The van der Waals surface area contributed by atoms with E-state index >= 15 is 0 Å². The molecule has 22 heteroatoms. The van der Waals surface area contributed by atoms with Crippen LogP contribution in [0.2, 0.25) is 23.4 Å². The predicted molar refractivity (Wildman–Crippen MR) is 324 cm³/mol. The van der Waals surface area contributed by atoms with E-state index in [2.05, 4.69) is 77.8 Å². The number of nitrogens with one attached hydrogen (secondary N) is 2. The first-order valence-electron chi connectivity index (χ1n) is 27.6. The van der Waals surface area contributed by atoms with Crippen LogP contribution in [0.25, 0.3) is 33.1 Å². The minimum atomic E-state index is -2.27. The molecule has 0 aliphatic carbocycles. The molecule has 2 aliphatic rings. The van der Waals surface area contributed by atoms with Crippen molar-refractivity contribution in [2.75, 3.05) is 52.4 Å². The zero-order valence-corrected chi connectivity index (χ0v) is 52.1. The molecule has 0 bridgehead atoms. The van der Waals surface area contributed by atoms with Gasteiger partial charge in [-0.15, -0.1) is 0 Å². The molecule has 0 spiro atoms. The van der Waals surface area contributed by atoms with Crippen LogP contribution in [0.15, 0.2) is 127 Å². The number of fused-ring (bicyclic) bond motifs is 2. The molecule has 0 unspecified atom stereocenters. The Balaban J connectivity index is 0.000000168. The van der Waals surface area contributed by atoms with E-state index in [9.17, 15) is 28.8 Å². The number of pyridine rings is 2. The quantitative estimate of drug-likeness (QED) is 0.0376. The first kappa shape index (κ1) is 61.1. The number of carbonyl (C=O) groups excluding carboxylic acids is 6. The molecule has 2 fully saturated rings. The van der Waals surface area contributed by atoms with Gasteiger partial charge in [-0.25, -0.2) is 15.0 Å². The fourth-order valence-electron chi connectivity index (χ4n) is 10.3. The summed E-state index contributed by atoms with van der Waals surface area (Å²) in [5.41, 5.74) is 3.85. The van der Waals surface area contributed by atoms with Crippen molar-refractivity contribution in [1.82, 2.24) is 59.5 Å². The molecule has 2 aromatic carbocycles. The van der Waals surface area contributed by atoms with Gasteiger partial charge in [-0.05, 0) is 40.2 Å². The van der Waals surface area contributed by atoms with Gasteiger partial charge in [0.05, 0.1) is 37.9 Å². The van der Waals surface area contributed by atoms with E-state index in [1.165, 1.54) is 96.5 Å². The molecule has 0 atom stereocenters. The molecule has 4 amide bonds. The van der Waals surface area contributed by atoms with E-state index in [4.69, 9.17) is 28.2 Å². The summed E-state index contributed by atoms with van der Waals surface area (Å²) in [5.74, 6) is -2.72. The van der Waals surface area contributed by atoms with Gasteiger partial charge >= 0.3 is 123 Å². The summed E-state index contributed by atoms with van der Waals surface area (Å²) in [4.78, 5) is 115. The summed E-state index contributed by atoms with van der Waals surface area (Å²) in [6, 6.07) is 18.0. The van der Waals surface area contributed by atoms with Crippen LogP contribution in [0.3, 0.4) is 0 Å². The predicted octanol–water partition coefficient (Wildman–Crippen LogP) is 10.5. The van der Waals surface area contributed by atoms with Crippen molar-refractivity contribution in [3.8, 4) is 11.3 Å². The second-order valence-electron chi connectivity index (χ2n) is 20.1. The molecule has 6 aromatic heterocycles. The van der Waals surface area contributed by atoms with E-state index < -0.39 is 41.8 Å². The summed E-state index contributed by atoms with van der Waals surface area (Å²) >= 11 is 13.6. The van der Waals surface area contributed by atoms with Crippen LogP contribution in [-0.2, 0) is 9.59 Å². The summed E-state index contributed by atoms with van der Waals surface area (Å²) in [5, 5.41) is 1.43. The third kappa shape index (κ3) is 14.4. The van der Waals surface area contributed by atoms with Gasteiger partial charge in [0.2, 0.25) is 0 Å². The number of amides is 4. The number of H-pyrrole nitrogens is 2. The monoisotopic (exact) mass is 1320 g/mol. The third-order valence-corrected chi connectivity index (χ3v) is 31.1. The van der Waals surface area contributed by atoms with Crippen molar-refractivity contribution in [2.45, 2.75) is 72.6 Å². The first-order chi connectivity index (χ1) is 39.8. The second kappa shape index (κ2) is 29.3. The Kier molecular flexibility index (Phi) is 21.9. The Morgan fingerprint density at radius 1 is 0.537 bits per heavy atom. The average Bonchev–Trinajstić information content (AvgIpc) is 4.41. The number of piperazine rings is 2. The van der Waals surface area contributed by atoms with Crippen molar-refractivity contribution in [3.63, 3.8) is 0 Å². The van der Waals surface area contributed by atoms with Gasteiger partial charge in [0.1, 0.15) is 10.9 Å². The van der Waals surface area contributed by atoms with E-state index in [-0.39, 0.29) is 41.1 Å². The normalized spacial score (nSPS) is 13.5. The SMILES string of the molecule is CCC[CH2][Sn]([CH2]CCC)([CH2]CCC)[c]1cnccn1.O=C(C(=O)N1CCN(C(=O)c2ccccc2)CC1)c1c[nH]c2c(-c3cncnc3)ncc(Cl)c12.O=C(C(=O)N1CCN(C(=O)c2ccccc2)CC1)c1c[nH]c2c(Br)ncc(Cl)c12. The number of hydrogen-bond acceptors (Lipinski definition) is 12. The van der Waals surface area contributed by atoms with E-state index in [1.54, 1.807) is 46.5 Å². The van der Waals surface area contributed by atoms with Crippen molar-refractivity contribution in [3.05, 3.63) is 160 Å². The van der Waals surface area contributed by atoms with Crippen LogP contribution < -0.4 is 3.71 Å². The standard InChI is InChI=1S/C24H19ClN6O3.C20H16BrClN4O3.C4H3N2.3C4H9.Sn/c25-18-13-29-20(16-10-26-14-27-11-16)21-19(18)17(12-28-21)22(32)24(34)31-8-6-30(7-9-31)23(33)15-4-2-1-3-5-15;21-18-16-15(14(22)11-24-18)13(10-23-16)17(27)20(29)26-8-6-25(7-9-26)19(28)12-4-2-1-3-5-12;1-2-6-4-3-5-1;3*1-3-4-2;/h1-5,10-14,28H,6-9H2;1-5,10-11,23H,6-9H2;1-3H;3*1,3-4H2,2H3;. The van der Waals surface area contributed by atoms with Crippen LogP contribution in [0.1, 0.15) is 101 Å². The van der Waals surface area contributed by atoms with Crippen molar-refractivity contribution in [2.24, 2.45) is 0 Å². The average molecular weight is 1320 g/mol. The number of benzene rings is 2. The van der Waals surface area contributed by atoms with Crippen molar-refractivity contribution < 1.29 is 28.8 Å². The zero-order chi connectivity index (χ0) is 58.2. The van der Waals surface area contributed by atoms with Crippen LogP contribution in [0.4, 0.5) is 0 Å². The van der Waals surface area contributed by atoms with Gasteiger partial charge < -0.3 is 29.6 Å². The van der Waals surface area contributed by atoms with Gasteiger partial charge in [-0.3, -0.25) is 33.8 Å². The Morgan fingerprint density at radius 3 is 1.43 bits per heavy atom. The molecule has 18 nitrogen and oxygen atoms in total. The third-order valence-electron chi connectivity index (χ3n) is 14.9. The van der Waals surface area contributed by atoms with E-state index in [0.717, 1.165) is 0 Å². The number of unbranched alkanes of at least 4 members (excludes halogenated alkanes) is 3. The number of nitrogens with zero attached hydrogens (tertiary/aromatic N) is 10. The number of carbonyl (C=O) groups is 6. The molecule has 8 aromatic rings. The second-order valence-corrected chi connectivity index (χ2v) is 34.7. The van der Waals surface area contributed by atoms with Gasteiger partial charge in [0, 0.05) is 117 Å². The summed E-state index contributed by atoms with van der Waals surface area (Å²) in [7, 11) is 0. The van der Waals surface area contributed by atoms with E-state index in [1.807, 2.05) is 48.8 Å². The number of aromatic amines is 2. The van der Waals surface area contributed by atoms with Crippen molar-refractivity contribution >= 4 is 118 Å².